The molecular weight excluding hydrogens is 608 g/mol. The molecule has 4 heterocycles. The number of ether oxygens (including phenoxy) is 2. The van der Waals surface area contributed by atoms with Crippen LogP contribution in [0.25, 0.3) is 33.0 Å². The highest BCUT2D eigenvalue weighted by molar-refractivity contribution is 6.17. The number of aromatic hydroxyl groups is 9. The van der Waals surface area contributed by atoms with Gasteiger partial charge in [-0.05, 0) is 13.0 Å². The zero-order chi connectivity index (χ0) is 33.0. The Hall–Kier alpha value is -6.07. The Labute approximate surface area is 247 Å². The van der Waals surface area contributed by atoms with Crippen LogP contribution in [0.3, 0.4) is 0 Å². The number of cyclic esters (lactones) is 1. The Morgan fingerprint density at radius 3 is 1.82 bits per heavy atom. The number of aliphatic hydroxyl groups is 2. The zero-order valence-corrected chi connectivity index (χ0v) is 22.4. The molecule has 7 rings (SSSR count). The van der Waals surface area contributed by atoms with Gasteiger partial charge in [0.05, 0.1) is 23.1 Å². The average Bonchev–Trinajstić information content (AvgIpc) is 3.01. The Bertz CT molecular complexity index is 2090. The fourth-order valence-electron chi connectivity index (χ4n) is 5.67. The van der Waals surface area contributed by atoms with Crippen LogP contribution in [0.4, 0.5) is 0 Å². The van der Waals surface area contributed by atoms with E-state index in [4.69, 9.17) is 13.9 Å². The molecule has 0 aliphatic carbocycles. The van der Waals surface area contributed by atoms with E-state index in [0.717, 1.165) is 6.92 Å². The van der Waals surface area contributed by atoms with Crippen molar-refractivity contribution in [3.63, 3.8) is 0 Å². The molecule has 0 saturated carbocycles. The van der Waals surface area contributed by atoms with Crippen LogP contribution in [-0.2, 0) is 9.47 Å². The monoisotopic (exact) mass is 628 g/mol. The molecule has 234 valence electrons. The number of aryl methyl sites for hydroxylation is 1. The lowest BCUT2D eigenvalue weighted by molar-refractivity contribution is -0.0984. The number of phenolic OH excluding ortho intramolecular Hbond substituents is 9. The first-order valence-corrected chi connectivity index (χ1v) is 12.7. The predicted octanol–water partition coefficient (Wildman–Crippen LogP) is 0.890. The fourth-order valence-corrected chi connectivity index (χ4v) is 5.67. The highest BCUT2D eigenvalue weighted by atomic mass is 16.6. The molecule has 0 saturated heterocycles. The number of carbonyl (C=O) groups excluding carboxylic acids is 2. The van der Waals surface area contributed by atoms with E-state index >= 15 is 0 Å². The van der Waals surface area contributed by atoms with Crippen molar-refractivity contribution in [2.24, 2.45) is 0 Å². The third-order valence-corrected chi connectivity index (χ3v) is 7.80. The molecule has 0 unspecified atom stereocenters. The quantitative estimate of drug-likeness (QED) is 0.103. The fraction of sp³-hybridized carbons (Fsp3) is 0.179. The van der Waals surface area contributed by atoms with Gasteiger partial charge in [-0.25, -0.2) is 14.4 Å². The first-order valence-electron chi connectivity index (χ1n) is 12.7. The van der Waals surface area contributed by atoms with Gasteiger partial charge in [-0.15, -0.1) is 0 Å². The van der Waals surface area contributed by atoms with Crippen molar-refractivity contribution in [3.8, 4) is 74.0 Å². The van der Waals surface area contributed by atoms with Gasteiger partial charge in [0.15, 0.2) is 52.5 Å². The third-order valence-electron chi connectivity index (χ3n) is 7.80. The van der Waals surface area contributed by atoms with E-state index in [1.54, 1.807) is 0 Å². The van der Waals surface area contributed by atoms with Gasteiger partial charge in [0.25, 0.3) is 0 Å². The van der Waals surface area contributed by atoms with Crippen LogP contribution >= 0.6 is 0 Å². The summed E-state index contributed by atoms with van der Waals surface area (Å²) in [6, 6.07) is 0.493. The molecule has 0 radical (unpaired) electrons. The number of aliphatic hydroxyl groups excluding tert-OH is 2. The van der Waals surface area contributed by atoms with E-state index in [1.165, 1.54) is 0 Å². The summed E-state index contributed by atoms with van der Waals surface area (Å²) in [6.45, 7) is -0.0357. The minimum atomic E-state index is -2.30. The van der Waals surface area contributed by atoms with Gasteiger partial charge >= 0.3 is 17.6 Å². The van der Waals surface area contributed by atoms with Gasteiger partial charge in [0.1, 0.15) is 6.10 Å². The number of fused-ring (bicyclic) bond motifs is 3. The normalized spacial score (nSPS) is 18.9. The zero-order valence-electron chi connectivity index (χ0n) is 22.4. The third kappa shape index (κ3) is 3.64. The van der Waals surface area contributed by atoms with Crippen molar-refractivity contribution in [3.05, 3.63) is 38.9 Å². The smallest absolute Gasteiger partial charge is 0.344 e. The topological polar surface area (TPSA) is 305 Å². The molecule has 45 heavy (non-hydrogen) atoms. The average molecular weight is 628 g/mol. The molecule has 17 nitrogen and oxygen atoms in total. The van der Waals surface area contributed by atoms with Gasteiger partial charge < -0.3 is 70.1 Å². The van der Waals surface area contributed by atoms with E-state index < -0.39 is 144 Å². The Morgan fingerprint density at radius 1 is 0.644 bits per heavy atom. The maximum atomic E-state index is 14.1. The standard InChI is InChI=1S/C28H20O17/c1-4-8-13-11(20(36)22(38)17(8)33)12-14-10(19(35)23(39)21(12)37)9-5(2-6(30)15(31)18(9)34)26(40)43-7(3-29)16(32)25(45-28(14)42)24(4)44-27(13)41/h2,7,16,25,29-39H,3H2,1H3/t7-,16-,25+/m1/s1. The maximum absolute atomic E-state index is 14.1. The number of esters is 2. The van der Waals surface area contributed by atoms with Gasteiger partial charge in [-0.1, -0.05) is 0 Å². The van der Waals surface area contributed by atoms with Crippen molar-refractivity contribution >= 4 is 22.7 Å². The minimum Gasteiger partial charge on any atom is -0.504 e. The molecule has 4 aromatic rings. The first-order chi connectivity index (χ1) is 21.1. The first kappa shape index (κ1) is 29.0. The van der Waals surface area contributed by atoms with E-state index in [9.17, 15) is 70.6 Å². The van der Waals surface area contributed by atoms with Crippen LogP contribution in [0.15, 0.2) is 15.3 Å². The minimum absolute atomic E-state index is 0.310. The SMILES string of the molecule is Cc1c2oc(=O)c3c(c(O)c(O)c(O)c13)-c1c(O)c(O)c(O)c3c1C(=O)O[C@H]2[C@H](O)[C@@H](CO)OC(=O)c1cc(O)c(O)c(O)c1-3. The summed E-state index contributed by atoms with van der Waals surface area (Å²) in [5.74, 6) is -16.2. The summed E-state index contributed by atoms with van der Waals surface area (Å²) in [5.41, 5.74) is -8.17. The van der Waals surface area contributed by atoms with Crippen molar-refractivity contribution in [1.29, 1.82) is 0 Å². The molecule has 0 amide bonds. The molecule has 3 aliphatic heterocycles. The molecule has 11 N–H and O–H groups in total. The van der Waals surface area contributed by atoms with E-state index in [-0.39, 0.29) is 5.56 Å². The number of phenols is 9. The molecule has 3 aliphatic rings. The Kier molecular flexibility index (Phi) is 6.10. The van der Waals surface area contributed by atoms with Crippen LogP contribution in [-0.4, -0.2) is 86.9 Å². The van der Waals surface area contributed by atoms with Crippen LogP contribution in [0, 0.1) is 6.92 Å². The highest BCUT2D eigenvalue weighted by Gasteiger charge is 2.45. The second-order valence-electron chi connectivity index (χ2n) is 10.2. The van der Waals surface area contributed by atoms with Gasteiger partial charge in [-0.2, -0.15) is 0 Å². The maximum Gasteiger partial charge on any atom is 0.344 e. The van der Waals surface area contributed by atoms with Crippen LogP contribution in [0.2, 0.25) is 0 Å². The second kappa shape index (κ2) is 9.46. The molecular formula is C28H20O17. The number of rotatable bonds is 1. The van der Waals surface area contributed by atoms with Gasteiger partial charge in [0.2, 0.25) is 17.2 Å². The van der Waals surface area contributed by atoms with Crippen molar-refractivity contribution in [2.45, 2.75) is 25.2 Å². The summed E-state index contributed by atoms with van der Waals surface area (Å²) >= 11 is 0. The number of benzene rings is 3. The van der Waals surface area contributed by atoms with Gasteiger partial charge in [-0.3, -0.25) is 0 Å². The number of carbonyl (C=O) groups is 2. The summed E-state index contributed by atoms with van der Waals surface area (Å²) in [6.07, 6.45) is -6.56. The van der Waals surface area contributed by atoms with Gasteiger partial charge in [0, 0.05) is 33.2 Å². The van der Waals surface area contributed by atoms with Crippen molar-refractivity contribution in [2.75, 3.05) is 6.61 Å². The van der Waals surface area contributed by atoms with Crippen molar-refractivity contribution < 1.29 is 79.7 Å². The summed E-state index contributed by atoms with van der Waals surface area (Å²) < 4.78 is 16.0. The lowest BCUT2D eigenvalue weighted by atomic mass is 9.84. The van der Waals surface area contributed by atoms with Crippen LogP contribution in [0.1, 0.15) is 38.1 Å². The Balaban J connectivity index is 2.00. The van der Waals surface area contributed by atoms with Crippen LogP contribution in [0.5, 0.6) is 51.7 Å². The van der Waals surface area contributed by atoms with E-state index in [0.29, 0.717) is 6.07 Å². The van der Waals surface area contributed by atoms with Crippen LogP contribution < -0.4 is 5.63 Å². The molecule has 6 bridgehead atoms. The number of hydrogen-bond donors (Lipinski definition) is 11. The summed E-state index contributed by atoms with van der Waals surface area (Å²) in [5, 5.41) is 117. The molecule has 3 atom stereocenters. The highest BCUT2D eigenvalue weighted by Crippen LogP contribution is 2.60. The molecule has 0 fully saturated rings. The lowest BCUT2D eigenvalue weighted by Crippen LogP contribution is -2.40. The number of hydrogen-bond acceptors (Lipinski definition) is 17. The predicted molar refractivity (Wildman–Crippen MR) is 144 cm³/mol. The Morgan fingerprint density at radius 2 is 1.20 bits per heavy atom. The molecule has 17 heteroatoms. The molecule has 0 spiro atoms. The summed E-state index contributed by atoms with van der Waals surface area (Å²) in [4.78, 5) is 41.0. The second-order valence-corrected chi connectivity index (χ2v) is 10.2. The van der Waals surface area contributed by atoms with E-state index in [1.807, 2.05) is 0 Å². The largest absolute Gasteiger partial charge is 0.504 e. The molecule has 3 aromatic carbocycles. The lowest BCUT2D eigenvalue weighted by Gasteiger charge is -2.30. The van der Waals surface area contributed by atoms with Crippen molar-refractivity contribution in [1.82, 2.24) is 0 Å². The molecule has 1 aromatic heterocycles. The van der Waals surface area contributed by atoms with E-state index in [2.05, 4.69) is 0 Å². The summed E-state index contributed by atoms with van der Waals surface area (Å²) in [7, 11) is 0.